The molecule has 0 heterocycles. The van der Waals surface area contributed by atoms with Crippen LogP contribution in [0.1, 0.15) is 81.1 Å². The third kappa shape index (κ3) is 12.1. The lowest BCUT2D eigenvalue weighted by Gasteiger charge is -2.28. The third-order valence-corrected chi connectivity index (χ3v) is 2.74. The van der Waals surface area contributed by atoms with E-state index in [1.54, 1.807) is 0 Å². The second-order valence-corrected chi connectivity index (χ2v) is 5.60. The molecule has 0 aromatic rings. The summed E-state index contributed by atoms with van der Waals surface area (Å²) in [5, 5.41) is 2.93. The molecule has 1 fully saturated rings. The summed E-state index contributed by atoms with van der Waals surface area (Å²) >= 11 is 0. The van der Waals surface area contributed by atoms with Gasteiger partial charge in [0.2, 0.25) is 0 Å². The van der Waals surface area contributed by atoms with Crippen LogP contribution in [0.15, 0.2) is 0 Å². The molecule has 1 rings (SSSR count). The van der Waals surface area contributed by atoms with E-state index in [0.29, 0.717) is 6.04 Å². The summed E-state index contributed by atoms with van der Waals surface area (Å²) in [7, 11) is 0. The maximum Gasteiger partial charge on any atom is 0.407 e. The average molecular weight is 273 g/mol. The quantitative estimate of drug-likeness (QED) is 0.718. The van der Waals surface area contributed by atoms with Gasteiger partial charge in [0.15, 0.2) is 0 Å². The zero-order valence-corrected chi connectivity index (χ0v) is 14.3. The Labute approximate surface area is 120 Å². The Morgan fingerprint density at radius 3 is 1.79 bits per heavy atom. The molecule has 0 spiro atoms. The molecule has 1 aliphatic carbocycles. The summed E-state index contributed by atoms with van der Waals surface area (Å²) in [6.07, 6.45) is 4.31. The predicted molar refractivity (Wildman–Crippen MR) is 83.5 cm³/mol. The van der Waals surface area contributed by atoms with Crippen molar-refractivity contribution >= 4 is 6.09 Å². The summed E-state index contributed by atoms with van der Waals surface area (Å²) in [4.78, 5) is 11.5. The van der Waals surface area contributed by atoms with E-state index in [1.165, 1.54) is 12.8 Å². The number of ether oxygens (including phenoxy) is 1. The van der Waals surface area contributed by atoms with Crippen LogP contribution >= 0.6 is 0 Å². The van der Waals surface area contributed by atoms with Gasteiger partial charge in [-0.2, -0.15) is 0 Å². The standard InChI is InChI=1S/C12H23NO2.2C2H6/c1-9-5-7-10(8-6-9)13-11(14)15-12(2,3)4;2*1-2/h9-10H,5-8H2,1-4H3,(H,13,14);2*1-2H3. The van der Waals surface area contributed by atoms with Crippen molar-refractivity contribution in [3.05, 3.63) is 0 Å². The zero-order chi connectivity index (χ0) is 15.5. The average Bonchev–Trinajstić information content (AvgIpc) is 2.35. The Kier molecular flexibility index (Phi) is 12.1. The summed E-state index contributed by atoms with van der Waals surface area (Å²) in [6.45, 7) is 15.9. The normalized spacial score (nSPS) is 22.1. The molecule has 0 radical (unpaired) electrons. The summed E-state index contributed by atoms with van der Waals surface area (Å²) in [6, 6.07) is 0.316. The Bertz CT molecular complexity index is 213. The number of nitrogens with one attached hydrogen (secondary N) is 1. The van der Waals surface area contributed by atoms with Gasteiger partial charge in [0, 0.05) is 6.04 Å². The van der Waals surface area contributed by atoms with Crippen molar-refractivity contribution in [3.63, 3.8) is 0 Å². The van der Waals surface area contributed by atoms with Gasteiger partial charge in [0.25, 0.3) is 0 Å². The van der Waals surface area contributed by atoms with Crippen LogP contribution in [0, 0.1) is 5.92 Å². The fourth-order valence-corrected chi connectivity index (χ4v) is 1.88. The van der Waals surface area contributed by atoms with Crippen molar-refractivity contribution in [3.8, 4) is 0 Å². The maximum atomic E-state index is 11.5. The zero-order valence-electron chi connectivity index (χ0n) is 14.3. The molecule has 1 N–H and O–H groups in total. The van der Waals surface area contributed by atoms with Crippen LogP contribution in [0.4, 0.5) is 4.79 Å². The predicted octanol–water partition coefficient (Wildman–Crippen LogP) is 5.14. The van der Waals surface area contributed by atoms with E-state index in [1.807, 2.05) is 48.5 Å². The highest BCUT2D eigenvalue weighted by molar-refractivity contribution is 5.68. The lowest BCUT2D eigenvalue weighted by Crippen LogP contribution is -2.40. The van der Waals surface area contributed by atoms with Crippen molar-refractivity contribution in [1.29, 1.82) is 0 Å². The first-order valence-electron chi connectivity index (χ1n) is 7.86. The fraction of sp³-hybridized carbons (Fsp3) is 0.938. The first-order valence-corrected chi connectivity index (χ1v) is 7.86. The van der Waals surface area contributed by atoms with Gasteiger partial charge in [-0.15, -0.1) is 0 Å². The largest absolute Gasteiger partial charge is 0.444 e. The highest BCUT2D eigenvalue weighted by Gasteiger charge is 2.22. The minimum atomic E-state index is -0.397. The number of rotatable bonds is 1. The van der Waals surface area contributed by atoms with Crippen LogP contribution in [0.25, 0.3) is 0 Å². The third-order valence-electron chi connectivity index (χ3n) is 2.74. The first-order chi connectivity index (χ1) is 8.87. The van der Waals surface area contributed by atoms with Gasteiger partial charge in [-0.3, -0.25) is 0 Å². The molecular formula is C16H35NO2. The molecule has 0 saturated heterocycles. The summed E-state index contributed by atoms with van der Waals surface area (Å²) in [5.74, 6) is 0.807. The van der Waals surface area contributed by atoms with Gasteiger partial charge < -0.3 is 10.1 Å². The lowest BCUT2D eigenvalue weighted by molar-refractivity contribution is 0.0488. The van der Waals surface area contributed by atoms with E-state index >= 15 is 0 Å². The molecule has 1 aliphatic rings. The van der Waals surface area contributed by atoms with E-state index < -0.39 is 5.60 Å². The molecular weight excluding hydrogens is 238 g/mol. The van der Waals surface area contributed by atoms with Crippen LogP contribution in [0.5, 0.6) is 0 Å². The van der Waals surface area contributed by atoms with Crippen molar-refractivity contribution < 1.29 is 9.53 Å². The Morgan fingerprint density at radius 1 is 1.00 bits per heavy atom. The van der Waals surface area contributed by atoms with E-state index in [0.717, 1.165) is 18.8 Å². The number of carbonyl (C=O) groups excluding carboxylic acids is 1. The molecule has 0 unspecified atom stereocenters. The highest BCUT2D eigenvalue weighted by Crippen LogP contribution is 2.23. The molecule has 0 bridgehead atoms. The van der Waals surface area contributed by atoms with E-state index in [9.17, 15) is 4.79 Å². The molecule has 1 amide bonds. The second-order valence-electron chi connectivity index (χ2n) is 5.60. The molecule has 0 aliphatic heterocycles. The van der Waals surface area contributed by atoms with Crippen molar-refractivity contribution in [2.45, 2.75) is 92.7 Å². The number of alkyl carbamates (subject to hydrolysis) is 1. The minimum absolute atomic E-state index is 0.276. The number of hydrogen-bond acceptors (Lipinski definition) is 2. The Hall–Kier alpha value is -0.730. The molecule has 0 atom stereocenters. The maximum absolute atomic E-state index is 11.5. The number of hydrogen-bond donors (Lipinski definition) is 1. The second kappa shape index (κ2) is 11.1. The number of amides is 1. The SMILES string of the molecule is CC.CC.CC1CCC(NC(=O)OC(C)(C)C)CC1. The van der Waals surface area contributed by atoms with Crippen LogP contribution in [-0.4, -0.2) is 17.7 Å². The van der Waals surface area contributed by atoms with Crippen LogP contribution in [0.3, 0.4) is 0 Å². The molecule has 0 aromatic carbocycles. The van der Waals surface area contributed by atoms with Gasteiger partial charge >= 0.3 is 6.09 Å². The van der Waals surface area contributed by atoms with Crippen LogP contribution in [-0.2, 0) is 4.74 Å². The molecule has 19 heavy (non-hydrogen) atoms. The van der Waals surface area contributed by atoms with Gasteiger partial charge in [0.1, 0.15) is 5.60 Å². The molecule has 0 aromatic heterocycles. The summed E-state index contributed by atoms with van der Waals surface area (Å²) < 4.78 is 5.22. The van der Waals surface area contributed by atoms with Crippen molar-refractivity contribution in [2.24, 2.45) is 5.92 Å². The lowest BCUT2D eigenvalue weighted by atomic mass is 9.87. The minimum Gasteiger partial charge on any atom is -0.444 e. The van der Waals surface area contributed by atoms with Gasteiger partial charge in [-0.25, -0.2) is 4.79 Å². The fourth-order valence-electron chi connectivity index (χ4n) is 1.88. The first kappa shape index (κ1) is 20.6. The van der Waals surface area contributed by atoms with Gasteiger partial charge in [0.05, 0.1) is 0 Å². The molecule has 3 nitrogen and oxygen atoms in total. The van der Waals surface area contributed by atoms with Crippen LogP contribution in [0.2, 0.25) is 0 Å². The molecule has 3 heteroatoms. The van der Waals surface area contributed by atoms with E-state index in [4.69, 9.17) is 4.74 Å². The van der Waals surface area contributed by atoms with Gasteiger partial charge in [-0.05, 0) is 52.4 Å². The molecule has 1 saturated carbocycles. The smallest absolute Gasteiger partial charge is 0.407 e. The highest BCUT2D eigenvalue weighted by atomic mass is 16.6. The van der Waals surface area contributed by atoms with Gasteiger partial charge in [-0.1, -0.05) is 34.6 Å². The van der Waals surface area contributed by atoms with Crippen LogP contribution < -0.4 is 5.32 Å². The number of carbonyl (C=O) groups is 1. The molecule has 116 valence electrons. The van der Waals surface area contributed by atoms with Crippen molar-refractivity contribution in [1.82, 2.24) is 5.32 Å². The summed E-state index contributed by atoms with van der Waals surface area (Å²) in [5.41, 5.74) is -0.397. The topological polar surface area (TPSA) is 38.3 Å². The van der Waals surface area contributed by atoms with E-state index in [-0.39, 0.29) is 6.09 Å². The monoisotopic (exact) mass is 273 g/mol. The Morgan fingerprint density at radius 2 is 1.42 bits per heavy atom. The van der Waals surface area contributed by atoms with E-state index in [2.05, 4.69) is 12.2 Å². The Balaban J connectivity index is 0. The van der Waals surface area contributed by atoms with Crippen molar-refractivity contribution in [2.75, 3.05) is 0 Å².